The summed E-state index contributed by atoms with van der Waals surface area (Å²) in [6.07, 6.45) is 4.03. The molecule has 0 aliphatic heterocycles. The van der Waals surface area contributed by atoms with Crippen molar-refractivity contribution in [2.75, 3.05) is 5.43 Å². The van der Waals surface area contributed by atoms with E-state index >= 15 is 0 Å². The summed E-state index contributed by atoms with van der Waals surface area (Å²) < 4.78 is 22.1. The first-order chi connectivity index (χ1) is 8.45. The number of nitrogens with one attached hydrogen (secondary N) is 1. The zero-order valence-electron chi connectivity index (χ0n) is 10.1. The number of hydrazone groups is 1. The number of sulfonamides is 1. The van der Waals surface area contributed by atoms with Gasteiger partial charge in [-0.1, -0.05) is 5.57 Å². The van der Waals surface area contributed by atoms with Crippen molar-refractivity contribution in [3.05, 3.63) is 35.9 Å². The Balaban J connectivity index is 2.08. The van der Waals surface area contributed by atoms with E-state index in [1.165, 1.54) is 17.7 Å². The van der Waals surface area contributed by atoms with Crippen molar-refractivity contribution >= 4 is 21.4 Å². The van der Waals surface area contributed by atoms with Gasteiger partial charge < -0.3 is 0 Å². The van der Waals surface area contributed by atoms with E-state index in [2.05, 4.69) is 17.5 Å². The fourth-order valence-electron chi connectivity index (χ4n) is 1.70. The van der Waals surface area contributed by atoms with Crippen molar-refractivity contribution in [1.82, 2.24) is 0 Å². The minimum absolute atomic E-state index is 0.0947. The third kappa shape index (κ3) is 3.18. The predicted molar refractivity (Wildman–Crippen MR) is 71.9 cm³/mol. The van der Waals surface area contributed by atoms with Gasteiger partial charge in [0.05, 0.1) is 16.3 Å². The molecule has 0 saturated heterocycles. The van der Waals surface area contributed by atoms with Crippen LogP contribution in [0.1, 0.15) is 19.8 Å². The highest BCUT2D eigenvalue weighted by Gasteiger charge is 2.07. The van der Waals surface area contributed by atoms with Gasteiger partial charge in [-0.2, -0.15) is 5.10 Å². The Kier molecular flexibility index (Phi) is 3.49. The molecule has 3 N–H and O–H groups in total. The number of benzene rings is 1. The maximum atomic E-state index is 11.1. The molecule has 96 valence electrons. The van der Waals surface area contributed by atoms with Crippen LogP contribution in [0.5, 0.6) is 0 Å². The molecule has 1 aromatic rings. The van der Waals surface area contributed by atoms with Gasteiger partial charge in [-0.15, -0.1) is 0 Å². The molecule has 0 fully saturated rings. The fourth-order valence-corrected chi connectivity index (χ4v) is 2.21. The fraction of sp³-hybridized carbons (Fsp3) is 0.250. The lowest BCUT2D eigenvalue weighted by Gasteiger charge is -2.02. The minimum Gasteiger partial charge on any atom is -0.278 e. The van der Waals surface area contributed by atoms with E-state index in [1.807, 2.05) is 6.08 Å². The third-order valence-electron chi connectivity index (χ3n) is 2.70. The van der Waals surface area contributed by atoms with E-state index in [-0.39, 0.29) is 4.90 Å². The Hall–Kier alpha value is -1.66. The van der Waals surface area contributed by atoms with Crippen LogP contribution >= 0.6 is 0 Å². The second-order valence-electron chi connectivity index (χ2n) is 4.28. The van der Waals surface area contributed by atoms with Gasteiger partial charge in [0, 0.05) is 0 Å². The Bertz CT molecular complexity index is 601. The number of hydrogen-bond acceptors (Lipinski definition) is 4. The second-order valence-corrected chi connectivity index (χ2v) is 5.84. The molecule has 0 spiro atoms. The molecule has 0 amide bonds. The highest BCUT2D eigenvalue weighted by atomic mass is 32.2. The van der Waals surface area contributed by atoms with Crippen LogP contribution in [-0.2, 0) is 10.0 Å². The van der Waals surface area contributed by atoms with Crippen molar-refractivity contribution in [3.63, 3.8) is 0 Å². The van der Waals surface area contributed by atoms with Crippen LogP contribution in [0.15, 0.2) is 45.9 Å². The molecule has 1 aromatic carbocycles. The third-order valence-corrected chi connectivity index (χ3v) is 3.63. The summed E-state index contributed by atoms with van der Waals surface area (Å²) in [4.78, 5) is 0.0947. The van der Waals surface area contributed by atoms with Crippen LogP contribution in [0.4, 0.5) is 5.69 Å². The van der Waals surface area contributed by atoms with E-state index in [1.54, 1.807) is 12.1 Å². The van der Waals surface area contributed by atoms with E-state index in [0.29, 0.717) is 0 Å². The molecule has 0 heterocycles. The van der Waals surface area contributed by atoms with Crippen molar-refractivity contribution in [2.24, 2.45) is 10.2 Å². The van der Waals surface area contributed by atoms with Gasteiger partial charge in [-0.3, -0.25) is 5.43 Å². The van der Waals surface area contributed by atoms with Crippen molar-refractivity contribution in [3.8, 4) is 0 Å². The molecular weight excluding hydrogens is 250 g/mol. The molecule has 0 atom stereocenters. The van der Waals surface area contributed by atoms with E-state index < -0.39 is 10.0 Å². The molecule has 0 aromatic heterocycles. The molecule has 1 aliphatic rings. The van der Waals surface area contributed by atoms with Crippen LogP contribution < -0.4 is 10.6 Å². The lowest BCUT2D eigenvalue weighted by Crippen LogP contribution is -2.11. The van der Waals surface area contributed by atoms with E-state index in [4.69, 9.17) is 5.14 Å². The standard InChI is InChI=1S/C12H15N3O2S/c1-9-2-3-11(8-9)15-14-10-4-6-12(7-5-10)18(13,16)17/h4-8,14H,2-3H2,1H3,(H2,13,16,17)/b15-11-. The van der Waals surface area contributed by atoms with E-state index in [0.717, 1.165) is 24.2 Å². The SMILES string of the molecule is CC1=C/C(=N\Nc2ccc(S(N)(=O)=O)cc2)CC1. The summed E-state index contributed by atoms with van der Waals surface area (Å²) in [6, 6.07) is 6.17. The molecule has 0 bridgehead atoms. The maximum Gasteiger partial charge on any atom is 0.238 e. The second kappa shape index (κ2) is 4.91. The number of anilines is 1. The summed E-state index contributed by atoms with van der Waals surface area (Å²) in [5, 5.41) is 9.26. The van der Waals surface area contributed by atoms with Crippen LogP contribution in [0.2, 0.25) is 0 Å². The number of nitrogens with zero attached hydrogens (tertiary/aromatic N) is 1. The maximum absolute atomic E-state index is 11.1. The average Bonchev–Trinajstić information content (AvgIpc) is 2.72. The van der Waals surface area contributed by atoms with Gasteiger partial charge >= 0.3 is 0 Å². The topological polar surface area (TPSA) is 84.5 Å². The van der Waals surface area contributed by atoms with Gasteiger partial charge in [-0.25, -0.2) is 13.6 Å². The van der Waals surface area contributed by atoms with Crippen LogP contribution in [-0.4, -0.2) is 14.1 Å². The average molecular weight is 265 g/mol. The van der Waals surface area contributed by atoms with Crippen LogP contribution in [0.3, 0.4) is 0 Å². The molecule has 0 unspecified atom stereocenters. The quantitative estimate of drug-likeness (QED) is 0.818. The number of primary sulfonamides is 1. The molecule has 6 heteroatoms. The number of hydrogen-bond donors (Lipinski definition) is 2. The van der Waals surface area contributed by atoms with Crippen molar-refractivity contribution < 1.29 is 8.42 Å². The van der Waals surface area contributed by atoms with Crippen molar-refractivity contribution in [2.45, 2.75) is 24.7 Å². The zero-order valence-corrected chi connectivity index (χ0v) is 10.9. The Labute approximate surface area is 106 Å². The molecule has 5 nitrogen and oxygen atoms in total. The summed E-state index contributed by atoms with van der Waals surface area (Å²) in [5.74, 6) is 0. The molecule has 1 aliphatic carbocycles. The van der Waals surface area contributed by atoms with Crippen LogP contribution in [0.25, 0.3) is 0 Å². The smallest absolute Gasteiger partial charge is 0.238 e. The number of rotatable bonds is 3. The normalized spacial score (nSPS) is 17.9. The monoisotopic (exact) mass is 265 g/mol. The number of nitrogens with two attached hydrogens (primary N) is 1. The largest absolute Gasteiger partial charge is 0.278 e. The van der Waals surface area contributed by atoms with E-state index in [9.17, 15) is 8.42 Å². The first-order valence-electron chi connectivity index (χ1n) is 5.58. The van der Waals surface area contributed by atoms with Crippen LogP contribution in [0, 0.1) is 0 Å². The predicted octanol–water partition coefficient (Wildman–Crippen LogP) is 1.84. The van der Waals surface area contributed by atoms with Crippen molar-refractivity contribution in [1.29, 1.82) is 0 Å². The van der Waals surface area contributed by atoms with Gasteiger partial charge in [0.1, 0.15) is 0 Å². The minimum atomic E-state index is -3.63. The highest BCUT2D eigenvalue weighted by Crippen LogP contribution is 2.16. The first kappa shape index (κ1) is 12.8. The van der Waals surface area contributed by atoms with Gasteiger partial charge in [-0.05, 0) is 50.1 Å². The Morgan fingerprint density at radius 2 is 1.89 bits per heavy atom. The summed E-state index contributed by atoms with van der Waals surface area (Å²) in [5.41, 5.74) is 5.95. The lowest BCUT2D eigenvalue weighted by atomic mass is 10.3. The van der Waals surface area contributed by atoms with Gasteiger partial charge in [0.2, 0.25) is 10.0 Å². The summed E-state index contributed by atoms with van der Waals surface area (Å²) >= 11 is 0. The Morgan fingerprint density at radius 3 is 2.39 bits per heavy atom. The lowest BCUT2D eigenvalue weighted by molar-refractivity contribution is 0.598. The molecule has 0 saturated carbocycles. The number of allylic oxidation sites excluding steroid dienone is 2. The Morgan fingerprint density at radius 1 is 1.22 bits per heavy atom. The summed E-state index contributed by atoms with van der Waals surface area (Å²) in [6.45, 7) is 2.07. The molecule has 0 radical (unpaired) electrons. The molecule has 2 rings (SSSR count). The first-order valence-corrected chi connectivity index (χ1v) is 7.12. The highest BCUT2D eigenvalue weighted by molar-refractivity contribution is 7.89. The molecule has 18 heavy (non-hydrogen) atoms. The van der Waals surface area contributed by atoms with Gasteiger partial charge in [0.15, 0.2) is 0 Å². The molecular formula is C12H15N3O2S. The zero-order chi connectivity index (χ0) is 13.2. The van der Waals surface area contributed by atoms with Gasteiger partial charge in [0.25, 0.3) is 0 Å². The summed E-state index contributed by atoms with van der Waals surface area (Å²) in [7, 11) is -3.63.